The molecule has 1 unspecified atom stereocenters. The zero-order valence-electron chi connectivity index (χ0n) is 10.7. The SMILES string of the molecule is CCC(CCCSc1ccncn1)(NC)C(=O)O. The predicted octanol–water partition coefficient (Wildman–Crippen LogP) is 1.80. The van der Waals surface area contributed by atoms with Crippen molar-refractivity contribution < 1.29 is 9.90 Å². The van der Waals surface area contributed by atoms with Gasteiger partial charge in [0.05, 0.1) is 5.03 Å². The standard InChI is InChI=1S/C12H19N3O2S/c1-3-12(13-2,11(16)17)6-4-8-18-10-5-7-14-9-15-10/h5,7,9,13H,3-4,6,8H2,1-2H3,(H,16,17). The number of likely N-dealkylation sites (N-methyl/N-ethyl adjacent to an activating group) is 1. The average Bonchev–Trinajstić information content (AvgIpc) is 2.40. The van der Waals surface area contributed by atoms with E-state index in [4.69, 9.17) is 0 Å². The zero-order valence-corrected chi connectivity index (χ0v) is 11.5. The van der Waals surface area contributed by atoms with Gasteiger partial charge in [-0.1, -0.05) is 6.92 Å². The minimum atomic E-state index is -0.799. The summed E-state index contributed by atoms with van der Waals surface area (Å²) in [6.07, 6.45) is 5.25. The van der Waals surface area contributed by atoms with Crippen LogP contribution in [0.3, 0.4) is 0 Å². The summed E-state index contributed by atoms with van der Waals surface area (Å²) in [5.74, 6) is 0.0767. The molecule has 0 saturated heterocycles. The molecule has 0 saturated carbocycles. The van der Waals surface area contributed by atoms with Gasteiger partial charge in [0.1, 0.15) is 11.9 Å². The van der Waals surface area contributed by atoms with Gasteiger partial charge in [-0.2, -0.15) is 0 Å². The molecule has 0 aliphatic rings. The lowest BCUT2D eigenvalue weighted by Gasteiger charge is -2.27. The summed E-state index contributed by atoms with van der Waals surface area (Å²) in [4.78, 5) is 19.2. The van der Waals surface area contributed by atoms with Crippen LogP contribution in [0, 0.1) is 0 Å². The molecular formula is C12H19N3O2S. The van der Waals surface area contributed by atoms with Crippen molar-refractivity contribution in [3.05, 3.63) is 18.6 Å². The van der Waals surface area contributed by atoms with E-state index in [0.717, 1.165) is 17.2 Å². The number of aliphatic carboxylic acids is 1. The smallest absolute Gasteiger partial charge is 0.323 e. The van der Waals surface area contributed by atoms with E-state index in [9.17, 15) is 9.90 Å². The minimum Gasteiger partial charge on any atom is -0.480 e. The topological polar surface area (TPSA) is 75.1 Å². The normalized spacial score (nSPS) is 14.1. The fraction of sp³-hybridized carbons (Fsp3) is 0.583. The first-order valence-corrected chi connectivity index (χ1v) is 6.94. The number of carboxylic acids is 1. The Hall–Kier alpha value is -1.14. The predicted molar refractivity (Wildman–Crippen MR) is 71.7 cm³/mol. The second-order valence-corrected chi connectivity index (χ2v) is 5.11. The van der Waals surface area contributed by atoms with Gasteiger partial charge in [-0.05, 0) is 38.1 Å². The first kappa shape index (κ1) is 14.9. The van der Waals surface area contributed by atoms with Crippen molar-refractivity contribution in [1.29, 1.82) is 0 Å². The lowest BCUT2D eigenvalue weighted by Crippen LogP contribution is -2.49. The first-order chi connectivity index (χ1) is 8.64. The number of nitrogens with one attached hydrogen (secondary N) is 1. The Bertz CT molecular complexity index is 369. The molecule has 2 N–H and O–H groups in total. The van der Waals surface area contributed by atoms with Gasteiger partial charge in [0.25, 0.3) is 0 Å². The molecule has 0 radical (unpaired) electrons. The average molecular weight is 269 g/mol. The number of thioether (sulfide) groups is 1. The minimum absolute atomic E-state index is 0.580. The molecule has 1 atom stereocenters. The maximum Gasteiger partial charge on any atom is 0.323 e. The summed E-state index contributed by atoms with van der Waals surface area (Å²) in [5.41, 5.74) is -0.799. The molecule has 18 heavy (non-hydrogen) atoms. The maximum absolute atomic E-state index is 11.3. The molecule has 0 fully saturated rings. The van der Waals surface area contributed by atoms with Gasteiger partial charge in [0.2, 0.25) is 0 Å². The Morgan fingerprint density at radius 3 is 2.89 bits per heavy atom. The van der Waals surface area contributed by atoms with Crippen LogP contribution in [0.1, 0.15) is 26.2 Å². The number of aromatic nitrogens is 2. The van der Waals surface area contributed by atoms with Gasteiger partial charge in [0.15, 0.2) is 0 Å². The van der Waals surface area contributed by atoms with Crippen molar-refractivity contribution in [2.75, 3.05) is 12.8 Å². The molecular weight excluding hydrogens is 250 g/mol. The zero-order chi connectivity index (χ0) is 13.4. The van der Waals surface area contributed by atoms with Crippen LogP contribution < -0.4 is 5.32 Å². The van der Waals surface area contributed by atoms with Crippen molar-refractivity contribution >= 4 is 17.7 Å². The van der Waals surface area contributed by atoms with Crippen LogP contribution >= 0.6 is 11.8 Å². The number of rotatable bonds is 8. The van der Waals surface area contributed by atoms with Crippen molar-refractivity contribution in [3.63, 3.8) is 0 Å². The molecule has 0 aliphatic carbocycles. The van der Waals surface area contributed by atoms with E-state index in [2.05, 4.69) is 15.3 Å². The number of hydrogen-bond acceptors (Lipinski definition) is 5. The van der Waals surface area contributed by atoms with Crippen molar-refractivity contribution in [2.24, 2.45) is 0 Å². The second kappa shape index (κ2) is 7.33. The highest BCUT2D eigenvalue weighted by atomic mass is 32.2. The molecule has 0 bridgehead atoms. The fourth-order valence-corrected chi connectivity index (χ4v) is 2.53. The molecule has 1 aromatic rings. The van der Waals surface area contributed by atoms with E-state index < -0.39 is 11.5 Å². The fourth-order valence-electron chi connectivity index (χ4n) is 1.76. The molecule has 5 nitrogen and oxygen atoms in total. The Labute approximate surface area is 111 Å². The van der Waals surface area contributed by atoms with Crippen molar-refractivity contribution in [3.8, 4) is 0 Å². The van der Waals surface area contributed by atoms with Crippen LogP contribution in [0.25, 0.3) is 0 Å². The summed E-state index contributed by atoms with van der Waals surface area (Å²) in [7, 11) is 1.70. The third-order valence-corrected chi connectivity index (χ3v) is 4.07. The molecule has 100 valence electrons. The molecule has 6 heteroatoms. The van der Waals surface area contributed by atoms with Crippen LogP contribution in [0.4, 0.5) is 0 Å². The monoisotopic (exact) mass is 269 g/mol. The number of nitrogens with zero attached hydrogens (tertiary/aromatic N) is 2. The highest BCUT2D eigenvalue weighted by molar-refractivity contribution is 7.99. The highest BCUT2D eigenvalue weighted by Crippen LogP contribution is 2.21. The van der Waals surface area contributed by atoms with Crippen LogP contribution in [0.5, 0.6) is 0 Å². The molecule has 1 rings (SSSR count). The van der Waals surface area contributed by atoms with Gasteiger partial charge in [0, 0.05) is 6.20 Å². The van der Waals surface area contributed by atoms with Crippen molar-refractivity contribution in [1.82, 2.24) is 15.3 Å². The van der Waals surface area contributed by atoms with Gasteiger partial charge in [-0.15, -0.1) is 11.8 Å². The van der Waals surface area contributed by atoms with E-state index in [1.165, 1.54) is 6.33 Å². The largest absolute Gasteiger partial charge is 0.480 e. The maximum atomic E-state index is 11.3. The van der Waals surface area contributed by atoms with E-state index in [1.54, 1.807) is 25.0 Å². The van der Waals surface area contributed by atoms with E-state index in [1.807, 2.05) is 13.0 Å². The third-order valence-electron chi connectivity index (χ3n) is 3.04. The van der Waals surface area contributed by atoms with E-state index in [-0.39, 0.29) is 0 Å². The van der Waals surface area contributed by atoms with Gasteiger partial charge in [-0.25, -0.2) is 9.97 Å². The van der Waals surface area contributed by atoms with E-state index in [0.29, 0.717) is 12.8 Å². The Morgan fingerprint density at radius 2 is 2.39 bits per heavy atom. The molecule has 0 spiro atoms. The van der Waals surface area contributed by atoms with Crippen LogP contribution in [-0.2, 0) is 4.79 Å². The van der Waals surface area contributed by atoms with Crippen molar-refractivity contribution in [2.45, 2.75) is 36.8 Å². The second-order valence-electron chi connectivity index (χ2n) is 3.99. The van der Waals surface area contributed by atoms with Gasteiger partial charge in [-0.3, -0.25) is 4.79 Å². The molecule has 0 aliphatic heterocycles. The molecule has 1 aromatic heterocycles. The number of carboxylic acid groups (broad SMARTS) is 1. The quantitative estimate of drug-likeness (QED) is 0.426. The first-order valence-electron chi connectivity index (χ1n) is 5.95. The molecule has 0 amide bonds. The van der Waals surface area contributed by atoms with Crippen LogP contribution in [0.15, 0.2) is 23.6 Å². The lowest BCUT2D eigenvalue weighted by molar-refractivity contribution is -0.145. The number of carbonyl (C=O) groups is 1. The Kier molecular flexibility index (Phi) is 6.07. The number of hydrogen-bond donors (Lipinski definition) is 2. The Morgan fingerprint density at radius 1 is 1.61 bits per heavy atom. The van der Waals surface area contributed by atoms with Gasteiger partial charge >= 0.3 is 5.97 Å². The summed E-state index contributed by atoms with van der Waals surface area (Å²) in [6, 6.07) is 1.85. The van der Waals surface area contributed by atoms with Crippen LogP contribution in [-0.4, -0.2) is 39.4 Å². The lowest BCUT2D eigenvalue weighted by atomic mass is 9.91. The summed E-state index contributed by atoms with van der Waals surface area (Å²) >= 11 is 1.62. The molecule has 1 heterocycles. The Balaban J connectivity index is 2.38. The molecule has 0 aromatic carbocycles. The summed E-state index contributed by atoms with van der Waals surface area (Å²) in [5, 5.41) is 13.1. The highest BCUT2D eigenvalue weighted by Gasteiger charge is 2.33. The summed E-state index contributed by atoms with van der Waals surface area (Å²) in [6.45, 7) is 1.89. The van der Waals surface area contributed by atoms with E-state index >= 15 is 0 Å². The van der Waals surface area contributed by atoms with Crippen LogP contribution in [0.2, 0.25) is 0 Å². The summed E-state index contributed by atoms with van der Waals surface area (Å²) < 4.78 is 0. The van der Waals surface area contributed by atoms with Gasteiger partial charge < -0.3 is 10.4 Å². The third kappa shape index (κ3) is 3.96.